The third kappa shape index (κ3) is 3.01. The van der Waals surface area contributed by atoms with Crippen molar-refractivity contribution in [1.29, 1.82) is 0 Å². The summed E-state index contributed by atoms with van der Waals surface area (Å²) in [6.45, 7) is 0.984. The van der Waals surface area contributed by atoms with Gasteiger partial charge in [0.05, 0.1) is 12.8 Å². The maximum Gasteiger partial charge on any atom is 0.255 e. The van der Waals surface area contributed by atoms with E-state index in [1.165, 1.54) is 0 Å². The minimum atomic E-state index is -0.226. The van der Waals surface area contributed by atoms with Crippen molar-refractivity contribution in [3.05, 3.63) is 46.4 Å². The van der Waals surface area contributed by atoms with Gasteiger partial charge in [-0.25, -0.2) is 0 Å². The Bertz CT molecular complexity index is 717. The minimum Gasteiger partial charge on any atom is -0.494 e. The van der Waals surface area contributed by atoms with Crippen LogP contribution in [-0.4, -0.2) is 26.2 Å². The van der Waals surface area contributed by atoms with E-state index in [0.29, 0.717) is 41.7 Å². The second-order valence-electron chi connectivity index (χ2n) is 4.66. The monoisotopic (exact) mass is 363 g/mol. The van der Waals surface area contributed by atoms with Gasteiger partial charge in [-0.15, -0.1) is 0 Å². The molecule has 1 amide bonds. The largest absolute Gasteiger partial charge is 0.494 e. The first kappa shape index (κ1) is 14.7. The van der Waals surface area contributed by atoms with Gasteiger partial charge in [-0.05, 0) is 18.2 Å². The first-order valence-corrected chi connectivity index (χ1v) is 7.51. The summed E-state index contributed by atoms with van der Waals surface area (Å²) in [4.78, 5) is 12.3. The van der Waals surface area contributed by atoms with Gasteiger partial charge >= 0.3 is 0 Å². The molecule has 0 radical (unpaired) electrons. The molecule has 0 spiro atoms. The Morgan fingerprint density at radius 3 is 2.59 bits per heavy atom. The number of rotatable bonds is 3. The van der Waals surface area contributed by atoms with Crippen LogP contribution >= 0.6 is 15.9 Å². The van der Waals surface area contributed by atoms with E-state index < -0.39 is 0 Å². The Kier molecular flexibility index (Phi) is 4.20. The third-order valence-corrected chi connectivity index (χ3v) is 3.69. The number of benzene rings is 2. The summed E-state index contributed by atoms with van der Waals surface area (Å²) < 4.78 is 17.2. The van der Waals surface area contributed by atoms with Gasteiger partial charge in [0.1, 0.15) is 19.0 Å². The van der Waals surface area contributed by atoms with Crippen LogP contribution in [0.2, 0.25) is 0 Å². The fourth-order valence-electron chi connectivity index (χ4n) is 2.16. The van der Waals surface area contributed by atoms with Crippen molar-refractivity contribution in [3.8, 4) is 17.2 Å². The number of ether oxygens (including phenoxy) is 3. The van der Waals surface area contributed by atoms with E-state index in [-0.39, 0.29) is 5.91 Å². The summed E-state index contributed by atoms with van der Waals surface area (Å²) in [6, 6.07) is 10.6. The van der Waals surface area contributed by atoms with Crippen molar-refractivity contribution < 1.29 is 19.0 Å². The van der Waals surface area contributed by atoms with E-state index in [2.05, 4.69) is 21.2 Å². The normalized spacial score (nSPS) is 12.6. The Morgan fingerprint density at radius 1 is 1.18 bits per heavy atom. The zero-order valence-corrected chi connectivity index (χ0v) is 13.5. The zero-order chi connectivity index (χ0) is 15.5. The van der Waals surface area contributed by atoms with Crippen molar-refractivity contribution in [2.75, 3.05) is 25.6 Å². The molecular formula is C16H14BrNO4. The van der Waals surface area contributed by atoms with E-state index >= 15 is 0 Å². The maximum atomic E-state index is 12.3. The number of amides is 1. The summed E-state index contributed by atoms with van der Waals surface area (Å²) in [7, 11) is 1.54. The van der Waals surface area contributed by atoms with Crippen molar-refractivity contribution in [1.82, 2.24) is 0 Å². The number of fused-ring (bicyclic) bond motifs is 1. The topological polar surface area (TPSA) is 56.8 Å². The molecule has 0 atom stereocenters. The molecule has 0 saturated carbocycles. The molecule has 0 bridgehead atoms. The number of halogens is 1. The summed E-state index contributed by atoms with van der Waals surface area (Å²) in [5, 5.41) is 2.83. The van der Waals surface area contributed by atoms with Gasteiger partial charge in [-0.1, -0.05) is 22.0 Å². The minimum absolute atomic E-state index is 0.226. The molecule has 1 heterocycles. The van der Waals surface area contributed by atoms with Crippen LogP contribution in [0.15, 0.2) is 40.9 Å². The number of hydrogen-bond acceptors (Lipinski definition) is 4. The lowest BCUT2D eigenvalue weighted by atomic mass is 10.2. The second-order valence-corrected chi connectivity index (χ2v) is 5.58. The highest BCUT2D eigenvalue weighted by molar-refractivity contribution is 9.10. The fourth-order valence-corrected chi connectivity index (χ4v) is 2.56. The number of carbonyl (C=O) groups is 1. The number of carbonyl (C=O) groups excluding carboxylic acids is 1. The average molecular weight is 364 g/mol. The fraction of sp³-hybridized carbons (Fsp3) is 0.188. The van der Waals surface area contributed by atoms with Gasteiger partial charge in [-0.2, -0.15) is 0 Å². The molecule has 1 aliphatic rings. The highest BCUT2D eigenvalue weighted by atomic mass is 79.9. The van der Waals surface area contributed by atoms with Crippen LogP contribution in [-0.2, 0) is 0 Å². The number of methoxy groups -OCH3 is 1. The van der Waals surface area contributed by atoms with Gasteiger partial charge in [0.15, 0.2) is 11.5 Å². The Hall–Kier alpha value is -2.21. The molecule has 3 rings (SSSR count). The first-order chi connectivity index (χ1) is 10.7. The molecule has 0 unspecified atom stereocenters. The van der Waals surface area contributed by atoms with Gasteiger partial charge in [0, 0.05) is 22.2 Å². The summed E-state index contributed by atoms with van der Waals surface area (Å²) in [5.74, 6) is 1.50. The van der Waals surface area contributed by atoms with Gasteiger partial charge in [-0.3, -0.25) is 4.79 Å². The van der Waals surface area contributed by atoms with Crippen LogP contribution in [0.25, 0.3) is 0 Å². The van der Waals surface area contributed by atoms with Gasteiger partial charge in [0.2, 0.25) is 0 Å². The van der Waals surface area contributed by atoms with Crippen LogP contribution in [0.4, 0.5) is 5.69 Å². The molecule has 1 N–H and O–H groups in total. The predicted molar refractivity (Wildman–Crippen MR) is 86.1 cm³/mol. The van der Waals surface area contributed by atoms with Crippen LogP contribution in [0.5, 0.6) is 17.2 Å². The number of hydrogen-bond donors (Lipinski definition) is 1. The molecular weight excluding hydrogens is 350 g/mol. The molecule has 0 fully saturated rings. The molecule has 1 aliphatic heterocycles. The van der Waals surface area contributed by atoms with Crippen LogP contribution < -0.4 is 19.5 Å². The average Bonchev–Trinajstić information content (AvgIpc) is 2.54. The van der Waals surface area contributed by atoms with Crippen LogP contribution in [0, 0.1) is 0 Å². The van der Waals surface area contributed by atoms with Gasteiger partial charge < -0.3 is 19.5 Å². The number of anilines is 1. The van der Waals surface area contributed by atoms with E-state index in [1.54, 1.807) is 37.4 Å². The summed E-state index contributed by atoms with van der Waals surface area (Å²) in [5.41, 5.74) is 1.09. The molecule has 114 valence electrons. The molecule has 5 nitrogen and oxygen atoms in total. The Morgan fingerprint density at radius 2 is 1.91 bits per heavy atom. The van der Waals surface area contributed by atoms with E-state index in [4.69, 9.17) is 14.2 Å². The van der Waals surface area contributed by atoms with Crippen molar-refractivity contribution >= 4 is 27.5 Å². The summed E-state index contributed by atoms with van der Waals surface area (Å²) in [6.07, 6.45) is 0. The lowest BCUT2D eigenvalue weighted by molar-refractivity contribution is 0.102. The highest BCUT2D eigenvalue weighted by Gasteiger charge is 2.18. The van der Waals surface area contributed by atoms with E-state index in [1.807, 2.05) is 6.07 Å². The first-order valence-electron chi connectivity index (χ1n) is 6.72. The lowest BCUT2D eigenvalue weighted by Gasteiger charge is -2.21. The molecule has 0 aliphatic carbocycles. The maximum absolute atomic E-state index is 12.3. The van der Waals surface area contributed by atoms with Crippen molar-refractivity contribution in [3.63, 3.8) is 0 Å². The highest BCUT2D eigenvalue weighted by Crippen LogP contribution is 2.39. The lowest BCUT2D eigenvalue weighted by Crippen LogP contribution is -2.17. The number of nitrogens with one attached hydrogen (secondary N) is 1. The quantitative estimate of drug-likeness (QED) is 0.906. The predicted octanol–water partition coefficient (Wildman–Crippen LogP) is 3.48. The van der Waals surface area contributed by atoms with Crippen molar-refractivity contribution in [2.24, 2.45) is 0 Å². The van der Waals surface area contributed by atoms with E-state index in [9.17, 15) is 4.79 Å². The molecule has 2 aromatic rings. The Labute approximate surface area is 136 Å². The van der Waals surface area contributed by atoms with Crippen LogP contribution in [0.3, 0.4) is 0 Å². The second kappa shape index (κ2) is 6.27. The molecule has 0 aromatic heterocycles. The van der Waals surface area contributed by atoms with Crippen molar-refractivity contribution in [2.45, 2.75) is 0 Å². The summed E-state index contributed by atoms with van der Waals surface area (Å²) >= 11 is 3.35. The third-order valence-electron chi connectivity index (χ3n) is 3.20. The molecule has 6 heteroatoms. The van der Waals surface area contributed by atoms with Gasteiger partial charge in [0.25, 0.3) is 5.91 Å². The molecule has 2 aromatic carbocycles. The van der Waals surface area contributed by atoms with Crippen LogP contribution in [0.1, 0.15) is 10.4 Å². The smallest absolute Gasteiger partial charge is 0.255 e. The zero-order valence-electron chi connectivity index (χ0n) is 11.9. The standard InChI is InChI=1S/C16H14BrNO4/c1-20-13-9-15-14(21-5-6-22-15)8-12(13)18-16(19)10-3-2-4-11(17)7-10/h2-4,7-9H,5-6H2,1H3,(H,18,19). The Balaban J connectivity index is 1.89. The molecule has 0 saturated heterocycles. The SMILES string of the molecule is COc1cc2c(cc1NC(=O)c1cccc(Br)c1)OCCO2. The van der Waals surface area contributed by atoms with E-state index in [0.717, 1.165) is 4.47 Å². The molecule has 22 heavy (non-hydrogen) atoms.